The number of ether oxygens (including phenoxy) is 1. The van der Waals surface area contributed by atoms with Gasteiger partial charge in [-0.05, 0) is 18.2 Å². The van der Waals surface area contributed by atoms with Gasteiger partial charge in [0.15, 0.2) is 0 Å². The lowest BCUT2D eigenvalue weighted by Crippen LogP contribution is -2.37. The van der Waals surface area contributed by atoms with Crippen LogP contribution in [0, 0.1) is 5.82 Å². The standard InChI is InChI=1S/C13H17FN2O4/c1-16(8-12(17)15-5-6-20-2)11-4-3-9(14)7-10(11)13(18)19/h3-4,7H,5-6,8H2,1-2H3,(H,15,17)(H,18,19). The third kappa shape index (κ3) is 4.51. The van der Waals surface area contributed by atoms with Gasteiger partial charge in [-0.3, -0.25) is 4.79 Å². The molecule has 0 heterocycles. The Hall–Kier alpha value is -2.15. The summed E-state index contributed by atoms with van der Waals surface area (Å²) in [7, 11) is 3.09. The van der Waals surface area contributed by atoms with Crippen molar-refractivity contribution in [3.8, 4) is 0 Å². The molecule has 1 rings (SSSR count). The molecule has 1 aromatic carbocycles. The first-order chi connectivity index (χ1) is 9.45. The molecule has 0 fully saturated rings. The maximum absolute atomic E-state index is 13.1. The van der Waals surface area contributed by atoms with E-state index in [9.17, 15) is 14.0 Å². The number of carboxylic acids is 1. The lowest BCUT2D eigenvalue weighted by atomic mass is 10.1. The zero-order chi connectivity index (χ0) is 15.1. The first-order valence-electron chi connectivity index (χ1n) is 5.95. The van der Waals surface area contributed by atoms with E-state index < -0.39 is 11.8 Å². The van der Waals surface area contributed by atoms with E-state index in [4.69, 9.17) is 9.84 Å². The van der Waals surface area contributed by atoms with Crippen molar-refractivity contribution in [1.29, 1.82) is 0 Å². The molecule has 0 atom stereocenters. The van der Waals surface area contributed by atoms with Crippen LogP contribution >= 0.6 is 0 Å². The van der Waals surface area contributed by atoms with Crippen LogP contribution in [-0.2, 0) is 9.53 Å². The quantitative estimate of drug-likeness (QED) is 0.721. The summed E-state index contributed by atoms with van der Waals surface area (Å²) in [6.07, 6.45) is 0. The second kappa shape index (κ2) is 7.44. The smallest absolute Gasteiger partial charge is 0.337 e. The number of benzene rings is 1. The molecule has 0 saturated carbocycles. The van der Waals surface area contributed by atoms with E-state index in [2.05, 4.69) is 5.32 Å². The Balaban J connectivity index is 2.74. The van der Waals surface area contributed by atoms with Gasteiger partial charge < -0.3 is 20.1 Å². The van der Waals surface area contributed by atoms with Crippen molar-refractivity contribution in [3.63, 3.8) is 0 Å². The van der Waals surface area contributed by atoms with Crippen molar-refractivity contribution in [2.24, 2.45) is 0 Å². The number of likely N-dealkylation sites (N-methyl/N-ethyl adjacent to an activating group) is 1. The number of methoxy groups -OCH3 is 1. The minimum atomic E-state index is -1.24. The minimum absolute atomic E-state index is 0.0321. The summed E-state index contributed by atoms with van der Waals surface area (Å²) in [6, 6.07) is 3.42. The van der Waals surface area contributed by atoms with Crippen molar-refractivity contribution in [2.75, 3.05) is 38.8 Å². The second-order valence-corrected chi connectivity index (χ2v) is 4.17. The number of carbonyl (C=O) groups excluding carboxylic acids is 1. The minimum Gasteiger partial charge on any atom is -0.478 e. The highest BCUT2D eigenvalue weighted by Crippen LogP contribution is 2.20. The largest absolute Gasteiger partial charge is 0.478 e. The van der Waals surface area contributed by atoms with Gasteiger partial charge in [0.05, 0.1) is 24.4 Å². The lowest BCUT2D eigenvalue weighted by molar-refractivity contribution is -0.119. The number of anilines is 1. The summed E-state index contributed by atoms with van der Waals surface area (Å²) in [5, 5.41) is 11.7. The van der Waals surface area contributed by atoms with Crippen LogP contribution in [0.1, 0.15) is 10.4 Å². The maximum atomic E-state index is 13.1. The molecule has 0 aliphatic carbocycles. The van der Waals surface area contributed by atoms with Gasteiger partial charge in [0.2, 0.25) is 5.91 Å². The van der Waals surface area contributed by atoms with E-state index in [-0.39, 0.29) is 23.7 Å². The van der Waals surface area contributed by atoms with E-state index in [0.29, 0.717) is 13.2 Å². The van der Waals surface area contributed by atoms with Gasteiger partial charge in [-0.15, -0.1) is 0 Å². The van der Waals surface area contributed by atoms with E-state index in [1.54, 1.807) is 7.05 Å². The summed E-state index contributed by atoms with van der Waals surface area (Å²) in [6.45, 7) is 0.736. The molecule has 110 valence electrons. The van der Waals surface area contributed by atoms with Crippen molar-refractivity contribution >= 4 is 17.6 Å². The predicted molar refractivity (Wildman–Crippen MR) is 71.5 cm³/mol. The summed E-state index contributed by atoms with van der Waals surface area (Å²) in [5.41, 5.74) is 0.0954. The van der Waals surface area contributed by atoms with Gasteiger partial charge in [0, 0.05) is 20.7 Å². The molecule has 20 heavy (non-hydrogen) atoms. The van der Waals surface area contributed by atoms with E-state index >= 15 is 0 Å². The van der Waals surface area contributed by atoms with Gasteiger partial charge in [-0.25, -0.2) is 9.18 Å². The summed E-state index contributed by atoms with van der Waals surface area (Å²) < 4.78 is 17.9. The van der Waals surface area contributed by atoms with Crippen molar-refractivity contribution < 1.29 is 23.8 Å². The van der Waals surface area contributed by atoms with Crippen LogP contribution in [0.15, 0.2) is 18.2 Å². The highest BCUT2D eigenvalue weighted by molar-refractivity contribution is 5.95. The molecule has 7 heteroatoms. The number of carbonyl (C=O) groups is 2. The predicted octanol–water partition coefficient (Wildman–Crippen LogP) is 0.723. The molecule has 0 radical (unpaired) electrons. The Morgan fingerprint density at radius 3 is 2.75 bits per heavy atom. The molecule has 0 saturated heterocycles. The molecule has 0 aromatic heterocycles. The van der Waals surface area contributed by atoms with Crippen LogP contribution in [0.5, 0.6) is 0 Å². The Morgan fingerprint density at radius 2 is 2.15 bits per heavy atom. The number of hydrogen-bond donors (Lipinski definition) is 2. The number of nitrogens with zero attached hydrogens (tertiary/aromatic N) is 1. The third-order valence-electron chi connectivity index (χ3n) is 2.61. The number of rotatable bonds is 7. The average Bonchev–Trinajstić information content (AvgIpc) is 2.38. The zero-order valence-electron chi connectivity index (χ0n) is 11.4. The Kier molecular flexibility index (Phi) is 5.92. The fourth-order valence-electron chi connectivity index (χ4n) is 1.66. The van der Waals surface area contributed by atoms with Crippen LogP contribution in [0.4, 0.5) is 10.1 Å². The Bertz CT molecular complexity index is 493. The molecule has 6 nitrogen and oxygen atoms in total. The SMILES string of the molecule is COCCNC(=O)CN(C)c1ccc(F)cc1C(=O)O. The van der Waals surface area contributed by atoms with Gasteiger partial charge >= 0.3 is 5.97 Å². The number of aromatic carboxylic acids is 1. The molecular formula is C13H17FN2O4. The topological polar surface area (TPSA) is 78.9 Å². The summed E-state index contributed by atoms with van der Waals surface area (Å²) >= 11 is 0. The zero-order valence-corrected chi connectivity index (χ0v) is 11.4. The average molecular weight is 284 g/mol. The normalized spacial score (nSPS) is 10.2. The van der Waals surface area contributed by atoms with Crippen LogP contribution in [0.3, 0.4) is 0 Å². The van der Waals surface area contributed by atoms with Crippen molar-refractivity contribution in [3.05, 3.63) is 29.6 Å². The van der Waals surface area contributed by atoms with Gasteiger partial charge in [0.1, 0.15) is 5.82 Å². The molecule has 0 unspecified atom stereocenters. The number of amides is 1. The number of nitrogens with one attached hydrogen (secondary N) is 1. The number of halogens is 1. The van der Waals surface area contributed by atoms with Gasteiger partial charge in [-0.1, -0.05) is 0 Å². The van der Waals surface area contributed by atoms with E-state index in [1.165, 1.54) is 18.1 Å². The molecule has 0 spiro atoms. The molecule has 2 N–H and O–H groups in total. The molecule has 0 aliphatic rings. The Morgan fingerprint density at radius 1 is 1.45 bits per heavy atom. The molecule has 1 amide bonds. The van der Waals surface area contributed by atoms with Crippen LogP contribution in [0.2, 0.25) is 0 Å². The summed E-state index contributed by atoms with van der Waals surface area (Å²) in [5.74, 6) is -2.15. The molecule has 0 bridgehead atoms. The van der Waals surface area contributed by atoms with Gasteiger partial charge in [0.25, 0.3) is 0 Å². The molecule has 1 aromatic rings. The Labute approximate surface area is 116 Å². The second-order valence-electron chi connectivity index (χ2n) is 4.17. The van der Waals surface area contributed by atoms with E-state index in [0.717, 1.165) is 12.1 Å². The fourth-order valence-corrected chi connectivity index (χ4v) is 1.66. The van der Waals surface area contributed by atoms with Crippen molar-refractivity contribution in [1.82, 2.24) is 5.32 Å². The molecular weight excluding hydrogens is 267 g/mol. The van der Waals surface area contributed by atoms with Gasteiger partial charge in [-0.2, -0.15) is 0 Å². The monoisotopic (exact) mass is 284 g/mol. The first-order valence-corrected chi connectivity index (χ1v) is 5.95. The lowest BCUT2D eigenvalue weighted by Gasteiger charge is -2.20. The highest BCUT2D eigenvalue weighted by atomic mass is 19.1. The van der Waals surface area contributed by atoms with Crippen LogP contribution < -0.4 is 10.2 Å². The van der Waals surface area contributed by atoms with E-state index in [1.807, 2.05) is 0 Å². The van der Waals surface area contributed by atoms with Crippen molar-refractivity contribution in [2.45, 2.75) is 0 Å². The van der Waals surface area contributed by atoms with Crippen LogP contribution in [-0.4, -0.2) is 50.8 Å². The highest BCUT2D eigenvalue weighted by Gasteiger charge is 2.16. The fraction of sp³-hybridized carbons (Fsp3) is 0.385. The third-order valence-corrected chi connectivity index (χ3v) is 2.61. The molecule has 0 aliphatic heterocycles. The maximum Gasteiger partial charge on any atom is 0.337 e. The number of carboxylic acid groups (broad SMARTS) is 1. The summed E-state index contributed by atoms with van der Waals surface area (Å²) in [4.78, 5) is 24.1. The van der Waals surface area contributed by atoms with Crippen LogP contribution in [0.25, 0.3) is 0 Å². The first kappa shape index (κ1) is 15.9. The number of hydrogen-bond acceptors (Lipinski definition) is 4.